The first-order valence-electron chi connectivity index (χ1n) is 8.61. The fourth-order valence-electron chi connectivity index (χ4n) is 2.61. The number of nitrogens with zero attached hydrogens (tertiary/aromatic N) is 1. The number of hydrogen-bond donors (Lipinski definition) is 1. The molecule has 0 spiro atoms. The summed E-state index contributed by atoms with van der Waals surface area (Å²) < 4.78 is 18.5. The molecular formula is C21H14ClFN2O5. The summed E-state index contributed by atoms with van der Waals surface area (Å²) in [5.74, 6) is -1.82. The quantitative estimate of drug-likeness (QED) is 0.338. The van der Waals surface area contributed by atoms with Crippen LogP contribution in [-0.2, 0) is 11.3 Å². The summed E-state index contributed by atoms with van der Waals surface area (Å²) in [6.45, 7) is -0.146. The van der Waals surface area contributed by atoms with Gasteiger partial charge in [0.25, 0.3) is 11.6 Å². The normalized spacial score (nSPS) is 10.3. The summed E-state index contributed by atoms with van der Waals surface area (Å²) >= 11 is 5.98. The van der Waals surface area contributed by atoms with Crippen molar-refractivity contribution in [1.29, 1.82) is 0 Å². The lowest BCUT2D eigenvalue weighted by Gasteiger charge is -2.12. The number of esters is 1. The molecule has 0 aliphatic carbocycles. The number of halogens is 2. The Balaban J connectivity index is 1.75. The van der Waals surface area contributed by atoms with Gasteiger partial charge in [-0.3, -0.25) is 14.9 Å². The molecule has 0 aromatic heterocycles. The van der Waals surface area contributed by atoms with Gasteiger partial charge in [0, 0.05) is 12.1 Å². The van der Waals surface area contributed by atoms with Gasteiger partial charge in [-0.25, -0.2) is 9.18 Å². The van der Waals surface area contributed by atoms with E-state index >= 15 is 0 Å². The second kappa shape index (κ2) is 9.15. The topological polar surface area (TPSA) is 98.5 Å². The zero-order chi connectivity index (χ0) is 21.7. The molecule has 0 bridgehead atoms. The van der Waals surface area contributed by atoms with Gasteiger partial charge in [-0.2, -0.15) is 0 Å². The number of nitro groups is 1. The zero-order valence-electron chi connectivity index (χ0n) is 15.3. The molecule has 0 heterocycles. The summed E-state index contributed by atoms with van der Waals surface area (Å²) in [5, 5.41) is 13.2. The van der Waals surface area contributed by atoms with E-state index in [4.69, 9.17) is 16.3 Å². The van der Waals surface area contributed by atoms with Crippen molar-refractivity contribution >= 4 is 34.9 Å². The molecule has 0 fully saturated rings. The van der Waals surface area contributed by atoms with Gasteiger partial charge in [-0.05, 0) is 35.9 Å². The standard InChI is InChI=1S/C21H14ClFN2O5/c22-18-11-15(25(28)29)8-9-16(18)20(26)24-19-7-2-1-6-17(19)21(27)30-12-13-4-3-5-14(23)10-13/h1-11H,12H2,(H,24,26). The van der Waals surface area contributed by atoms with Gasteiger partial charge in [0.1, 0.15) is 12.4 Å². The molecule has 0 aliphatic rings. The molecule has 0 unspecified atom stereocenters. The first-order valence-corrected chi connectivity index (χ1v) is 8.99. The SMILES string of the molecule is O=C(Nc1ccccc1C(=O)OCc1cccc(F)c1)c1ccc([N+](=O)[O-])cc1Cl. The van der Waals surface area contributed by atoms with E-state index in [-0.39, 0.29) is 34.1 Å². The van der Waals surface area contributed by atoms with Crippen LogP contribution < -0.4 is 5.32 Å². The Morgan fingerprint density at radius 1 is 1.03 bits per heavy atom. The van der Waals surface area contributed by atoms with E-state index in [1.165, 1.54) is 36.4 Å². The maximum atomic E-state index is 13.2. The summed E-state index contributed by atoms with van der Waals surface area (Å²) in [5.41, 5.74) is 0.479. The number of anilines is 1. The van der Waals surface area contributed by atoms with Crippen molar-refractivity contribution < 1.29 is 23.6 Å². The van der Waals surface area contributed by atoms with Gasteiger partial charge < -0.3 is 10.1 Å². The molecule has 3 aromatic rings. The van der Waals surface area contributed by atoms with Crippen molar-refractivity contribution in [2.24, 2.45) is 0 Å². The third-order valence-electron chi connectivity index (χ3n) is 4.06. The van der Waals surface area contributed by atoms with Gasteiger partial charge in [0.15, 0.2) is 0 Å². The molecule has 1 N–H and O–H groups in total. The van der Waals surface area contributed by atoms with E-state index in [9.17, 15) is 24.1 Å². The summed E-state index contributed by atoms with van der Waals surface area (Å²) in [4.78, 5) is 35.2. The number of non-ortho nitro benzene ring substituents is 1. The Hall–Kier alpha value is -3.78. The predicted molar refractivity (Wildman–Crippen MR) is 108 cm³/mol. The summed E-state index contributed by atoms with van der Waals surface area (Å²) in [6.07, 6.45) is 0. The minimum absolute atomic E-state index is 0.00481. The number of nitro benzene ring substituents is 1. The average molecular weight is 429 g/mol. The Kier molecular flexibility index (Phi) is 6.38. The van der Waals surface area contributed by atoms with E-state index in [1.54, 1.807) is 18.2 Å². The van der Waals surface area contributed by atoms with Gasteiger partial charge in [0.05, 0.1) is 26.8 Å². The van der Waals surface area contributed by atoms with E-state index in [1.807, 2.05) is 0 Å². The number of ether oxygens (including phenoxy) is 1. The Morgan fingerprint density at radius 2 is 1.80 bits per heavy atom. The van der Waals surface area contributed by atoms with Gasteiger partial charge in [0.2, 0.25) is 0 Å². The monoisotopic (exact) mass is 428 g/mol. The highest BCUT2D eigenvalue weighted by Crippen LogP contribution is 2.24. The number of hydrogen-bond acceptors (Lipinski definition) is 5. The third kappa shape index (κ3) is 4.98. The first-order chi connectivity index (χ1) is 14.3. The van der Waals surface area contributed by atoms with Crippen LogP contribution >= 0.6 is 11.6 Å². The lowest BCUT2D eigenvalue weighted by molar-refractivity contribution is -0.384. The zero-order valence-corrected chi connectivity index (χ0v) is 16.1. The lowest BCUT2D eigenvalue weighted by atomic mass is 10.1. The first kappa shape index (κ1) is 20.9. The molecule has 0 saturated heterocycles. The maximum absolute atomic E-state index is 13.2. The van der Waals surface area contributed by atoms with E-state index < -0.39 is 22.6 Å². The van der Waals surface area contributed by atoms with Crippen LogP contribution in [0.5, 0.6) is 0 Å². The summed E-state index contributed by atoms with van der Waals surface area (Å²) in [7, 11) is 0. The van der Waals surface area contributed by atoms with Crippen LogP contribution in [0.2, 0.25) is 5.02 Å². The Morgan fingerprint density at radius 3 is 2.50 bits per heavy atom. The molecule has 0 radical (unpaired) electrons. The van der Waals surface area contributed by atoms with Crippen LogP contribution in [0.3, 0.4) is 0 Å². The number of carbonyl (C=O) groups is 2. The highest BCUT2D eigenvalue weighted by molar-refractivity contribution is 6.34. The van der Waals surface area contributed by atoms with Crippen molar-refractivity contribution in [3.05, 3.63) is 104 Å². The van der Waals surface area contributed by atoms with Crippen LogP contribution in [0.15, 0.2) is 66.7 Å². The Labute approximate surface area is 175 Å². The highest BCUT2D eigenvalue weighted by Gasteiger charge is 2.18. The van der Waals surface area contributed by atoms with Gasteiger partial charge in [-0.15, -0.1) is 0 Å². The maximum Gasteiger partial charge on any atom is 0.340 e. The van der Waals surface area contributed by atoms with Crippen molar-refractivity contribution in [3.8, 4) is 0 Å². The predicted octanol–water partition coefficient (Wildman–Crippen LogP) is 5.00. The van der Waals surface area contributed by atoms with E-state index in [2.05, 4.69) is 5.32 Å². The van der Waals surface area contributed by atoms with E-state index in [0.29, 0.717) is 5.56 Å². The molecule has 3 rings (SSSR count). The van der Waals surface area contributed by atoms with Crippen molar-refractivity contribution in [1.82, 2.24) is 0 Å². The van der Waals surface area contributed by atoms with Crippen LogP contribution in [0.25, 0.3) is 0 Å². The molecule has 0 atom stereocenters. The fraction of sp³-hybridized carbons (Fsp3) is 0.0476. The van der Waals surface area contributed by atoms with Gasteiger partial charge >= 0.3 is 5.97 Å². The van der Waals surface area contributed by atoms with Crippen LogP contribution in [0.4, 0.5) is 15.8 Å². The second-order valence-corrected chi connectivity index (χ2v) is 6.53. The van der Waals surface area contributed by atoms with Crippen molar-refractivity contribution in [2.75, 3.05) is 5.32 Å². The molecule has 9 heteroatoms. The molecule has 7 nitrogen and oxygen atoms in total. The molecule has 0 saturated carbocycles. The number of nitrogens with one attached hydrogen (secondary N) is 1. The van der Waals surface area contributed by atoms with Crippen LogP contribution in [0, 0.1) is 15.9 Å². The average Bonchev–Trinajstić information content (AvgIpc) is 2.72. The van der Waals surface area contributed by atoms with Gasteiger partial charge in [-0.1, -0.05) is 35.9 Å². The lowest BCUT2D eigenvalue weighted by Crippen LogP contribution is -2.16. The number of carbonyl (C=O) groups excluding carboxylic acids is 2. The van der Waals surface area contributed by atoms with Crippen LogP contribution in [-0.4, -0.2) is 16.8 Å². The van der Waals surface area contributed by atoms with Crippen LogP contribution in [0.1, 0.15) is 26.3 Å². The Bertz CT molecular complexity index is 1140. The number of amides is 1. The second-order valence-electron chi connectivity index (χ2n) is 6.13. The largest absolute Gasteiger partial charge is 0.457 e. The molecule has 0 aliphatic heterocycles. The highest BCUT2D eigenvalue weighted by atomic mass is 35.5. The molecule has 30 heavy (non-hydrogen) atoms. The minimum Gasteiger partial charge on any atom is -0.457 e. The molecular weight excluding hydrogens is 415 g/mol. The fourth-order valence-corrected chi connectivity index (χ4v) is 2.88. The molecule has 3 aromatic carbocycles. The molecule has 1 amide bonds. The third-order valence-corrected chi connectivity index (χ3v) is 4.37. The minimum atomic E-state index is -0.718. The number of benzene rings is 3. The number of rotatable bonds is 6. The smallest absolute Gasteiger partial charge is 0.340 e. The summed E-state index contributed by atoms with van der Waals surface area (Å²) in [6, 6.07) is 15.2. The van der Waals surface area contributed by atoms with Crippen molar-refractivity contribution in [2.45, 2.75) is 6.61 Å². The molecule has 152 valence electrons. The number of para-hydroxylation sites is 1. The van der Waals surface area contributed by atoms with Crippen molar-refractivity contribution in [3.63, 3.8) is 0 Å². The van der Waals surface area contributed by atoms with E-state index in [0.717, 1.165) is 12.1 Å².